The summed E-state index contributed by atoms with van der Waals surface area (Å²) in [4.78, 5) is 1.22. The molecule has 0 aliphatic carbocycles. The molecule has 6 heteroatoms. The quantitative estimate of drug-likeness (QED) is 0.790. The van der Waals surface area contributed by atoms with Gasteiger partial charge in [0.1, 0.15) is 0 Å². The molecule has 0 fully saturated rings. The predicted molar refractivity (Wildman–Crippen MR) is 71.3 cm³/mol. The molecule has 0 saturated heterocycles. The smallest absolute Gasteiger partial charge is 0.0846 e. The number of aromatic nitrogens is 3. The first kappa shape index (κ1) is 10.9. The van der Waals surface area contributed by atoms with Gasteiger partial charge in [-0.3, -0.25) is 4.68 Å². The fraction of sp³-hybridized carbons (Fsp3) is 0.273. The van der Waals surface area contributed by atoms with Crippen LogP contribution in [0.1, 0.15) is 16.6 Å². The zero-order valence-corrected chi connectivity index (χ0v) is 11.0. The van der Waals surface area contributed by atoms with Crippen molar-refractivity contribution in [1.29, 1.82) is 0 Å². The van der Waals surface area contributed by atoms with Crippen molar-refractivity contribution in [2.75, 3.05) is 0 Å². The van der Waals surface area contributed by atoms with Gasteiger partial charge in [0.2, 0.25) is 0 Å². The first-order chi connectivity index (χ1) is 8.22. The van der Waals surface area contributed by atoms with E-state index in [1.165, 1.54) is 14.3 Å². The number of hydrogen-bond acceptors (Lipinski definition) is 5. The molecule has 88 valence electrons. The molecule has 17 heavy (non-hydrogen) atoms. The lowest BCUT2D eigenvalue weighted by Crippen LogP contribution is -2.11. The summed E-state index contributed by atoms with van der Waals surface area (Å²) in [5.41, 5.74) is 7.14. The minimum Gasteiger partial charge on any atom is -0.323 e. The molecule has 1 unspecified atom stereocenters. The van der Waals surface area contributed by atoms with E-state index in [9.17, 15) is 0 Å². The summed E-state index contributed by atoms with van der Waals surface area (Å²) in [6.45, 7) is 0. The second-order valence-electron chi connectivity index (χ2n) is 3.99. The van der Waals surface area contributed by atoms with E-state index in [4.69, 9.17) is 5.73 Å². The van der Waals surface area contributed by atoms with Gasteiger partial charge in [0, 0.05) is 40.0 Å². The lowest BCUT2D eigenvalue weighted by atomic mass is 10.1. The number of nitrogens with zero attached hydrogens (tertiary/aromatic N) is 3. The minimum absolute atomic E-state index is 0.0105. The number of fused-ring (bicyclic) bond motifs is 1. The van der Waals surface area contributed by atoms with Crippen LogP contribution < -0.4 is 5.73 Å². The van der Waals surface area contributed by atoms with E-state index < -0.39 is 0 Å². The van der Waals surface area contributed by atoms with Crippen molar-refractivity contribution in [3.63, 3.8) is 0 Å². The fourth-order valence-corrected chi connectivity index (χ4v) is 3.90. The van der Waals surface area contributed by atoms with Crippen LogP contribution in [0.25, 0.3) is 9.40 Å². The molecular formula is C11H12N4S2. The summed E-state index contributed by atoms with van der Waals surface area (Å²) in [6.07, 6.45) is 2.65. The van der Waals surface area contributed by atoms with Gasteiger partial charge in [0.05, 0.1) is 5.69 Å². The lowest BCUT2D eigenvalue weighted by molar-refractivity contribution is 0.700. The highest BCUT2D eigenvalue weighted by Gasteiger charge is 2.13. The summed E-state index contributed by atoms with van der Waals surface area (Å²) in [5, 5.41) is 10.1. The molecule has 0 aromatic carbocycles. The Balaban J connectivity index is 1.82. The molecule has 3 aromatic heterocycles. The highest BCUT2D eigenvalue weighted by molar-refractivity contribution is 7.26. The Morgan fingerprint density at radius 1 is 1.47 bits per heavy atom. The first-order valence-corrected chi connectivity index (χ1v) is 7.00. The van der Waals surface area contributed by atoms with Crippen LogP contribution in [-0.4, -0.2) is 15.0 Å². The zero-order valence-electron chi connectivity index (χ0n) is 9.33. The van der Waals surface area contributed by atoms with E-state index in [2.05, 4.69) is 27.8 Å². The Morgan fingerprint density at radius 3 is 3.06 bits per heavy atom. The van der Waals surface area contributed by atoms with Crippen LogP contribution >= 0.6 is 22.7 Å². The maximum absolute atomic E-state index is 6.20. The monoisotopic (exact) mass is 264 g/mol. The maximum atomic E-state index is 6.20. The Bertz CT molecular complexity index is 608. The third-order valence-electron chi connectivity index (χ3n) is 2.60. The molecule has 0 aliphatic rings. The molecule has 0 radical (unpaired) electrons. The van der Waals surface area contributed by atoms with Gasteiger partial charge in [-0.1, -0.05) is 5.21 Å². The van der Waals surface area contributed by atoms with Crippen molar-refractivity contribution in [3.8, 4) is 0 Å². The molecule has 3 aromatic rings. The van der Waals surface area contributed by atoms with E-state index in [0.717, 1.165) is 12.1 Å². The number of nitrogens with two attached hydrogens (primary N) is 1. The Hall–Kier alpha value is -1.24. The average Bonchev–Trinajstić information content (AvgIpc) is 2.92. The van der Waals surface area contributed by atoms with E-state index in [1.54, 1.807) is 27.4 Å². The van der Waals surface area contributed by atoms with Gasteiger partial charge < -0.3 is 5.73 Å². The number of hydrogen-bond donors (Lipinski definition) is 1. The highest BCUT2D eigenvalue weighted by Crippen LogP contribution is 2.33. The maximum Gasteiger partial charge on any atom is 0.0846 e. The predicted octanol–water partition coefficient (Wildman–Crippen LogP) is 2.33. The molecule has 4 nitrogen and oxygen atoms in total. The van der Waals surface area contributed by atoms with Gasteiger partial charge in [0.15, 0.2) is 0 Å². The molecule has 0 saturated carbocycles. The molecule has 1 atom stereocenters. The van der Waals surface area contributed by atoms with Crippen LogP contribution in [0, 0.1) is 0 Å². The van der Waals surface area contributed by atoms with Gasteiger partial charge in [-0.2, -0.15) is 0 Å². The summed E-state index contributed by atoms with van der Waals surface area (Å²) in [5.74, 6) is 0. The summed E-state index contributed by atoms with van der Waals surface area (Å²) < 4.78 is 4.34. The number of rotatable bonds is 3. The summed E-state index contributed by atoms with van der Waals surface area (Å²) in [6, 6.07) is 4.34. The number of thiophene rings is 2. The lowest BCUT2D eigenvalue weighted by Gasteiger charge is -2.05. The van der Waals surface area contributed by atoms with Crippen LogP contribution in [0.2, 0.25) is 0 Å². The molecule has 0 spiro atoms. The van der Waals surface area contributed by atoms with Crippen LogP contribution in [0.5, 0.6) is 0 Å². The van der Waals surface area contributed by atoms with Crippen molar-refractivity contribution in [2.45, 2.75) is 12.5 Å². The molecule has 0 aliphatic heterocycles. The third-order valence-corrected chi connectivity index (χ3v) is 4.83. The van der Waals surface area contributed by atoms with Crippen molar-refractivity contribution in [2.24, 2.45) is 12.8 Å². The molecule has 0 amide bonds. The molecular weight excluding hydrogens is 252 g/mol. The Morgan fingerprint density at radius 2 is 2.35 bits per heavy atom. The van der Waals surface area contributed by atoms with Crippen molar-refractivity contribution >= 4 is 32.1 Å². The molecule has 3 heterocycles. The van der Waals surface area contributed by atoms with Gasteiger partial charge >= 0.3 is 0 Å². The minimum atomic E-state index is 0.0105. The highest BCUT2D eigenvalue weighted by atomic mass is 32.1. The van der Waals surface area contributed by atoms with Gasteiger partial charge in [-0.25, -0.2) is 0 Å². The molecule has 0 bridgehead atoms. The van der Waals surface area contributed by atoms with Crippen LogP contribution in [0.4, 0.5) is 0 Å². The van der Waals surface area contributed by atoms with Crippen molar-refractivity contribution in [1.82, 2.24) is 15.0 Å². The molecule has 2 N–H and O–H groups in total. The Kier molecular flexibility index (Phi) is 2.70. The van der Waals surface area contributed by atoms with Gasteiger partial charge in [-0.05, 0) is 17.5 Å². The largest absolute Gasteiger partial charge is 0.323 e. The number of aryl methyl sites for hydroxylation is 1. The van der Waals surface area contributed by atoms with E-state index in [0.29, 0.717) is 0 Å². The average molecular weight is 264 g/mol. The van der Waals surface area contributed by atoms with Gasteiger partial charge in [0.25, 0.3) is 0 Å². The Labute approximate surface area is 107 Å². The SMILES string of the molecule is Cn1cc(CC(N)c2cc3sccc3s2)nn1. The first-order valence-electron chi connectivity index (χ1n) is 5.30. The van der Waals surface area contributed by atoms with Crippen LogP contribution in [0.3, 0.4) is 0 Å². The second-order valence-corrected chi connectivity index (χ2v) is 6.06. The van der Waals surface area contributed by atoms with Crippen molar-refractivity contribution < 1.29 is 0 Å². The van der Waals surface area contributed by atoms with Crippen LogP contribution in [-0.2, 0) is 13.5 Å². The standard InChI is InChI=1S/C11H12N4S2/c1-15-6-7(13-14-15)4-8(12)10-5-11-9(17-10)2-3-16-11/h2-3,5-6,8H,4,12H2,1H3. The van der Waals surface area contributed by atoms with Gasteiger partial charge in [-0.15, -0.1) is 27.8 Å². The van der Waals surface area contributed by atoms with E-state index >= 15 is 0 Å². The summed E-state index contributed by atoms with van der Waals surface area (Å²) >= 11 is 3.53. The zero-order chi connectivity index (χ0) is 11.8. The summed E-state index contributed by atoms with van der Waals surface area (Å²) in [7, 11) is 1.86. The normalized spacial score (nSPS) is 13.3. The van der Waals surface area contributed by atoms with Crippen molar-refractivity contribution in [3.05, 3.63) is 34.3 Å². The van der Waals surface area contributed by atoms with E-state index in [1.807, 2.05) is 13.2 Å². The fourth-order valence-electron chi connectivity index (χ4n) is 1.78. The van der Waals surface area contributed by atoms with Crippen LogP contribution in [0.15, 0.2) is 23.7 Å². The second kappa shape index (κ2) is 4.21. The van der Waals surface area contributed by atoms with E-state index in [-0.39, 0.29) is 6.04 Å². The topological polar surface area (TPSA) is 56.7 Å². The third kappa shape index (κ3) is 2.11. The molecule has 3 rings (SSSR count).